The molecule has 3 aromatic rings. The first kappa shape index (κ1) is 24.6. The van der Waals surface area contributed by atoms with E-state index in [4.69, 9.17) is 5.10 Å². The van der Waals surface area contributed by atoms with Crippen LogP contribution in [0.25, 0.3) is 5.69 Å². The number of benzene rings is 2. The molecule has 0 spiro atoms. The van der Waals surface area contributed by atoms with Gasteiger partial charge in [-0.2, -0.15) is 9.40 Å². The molecule has 0 amide bonds. The van der Waals surface area contributed by atoms with Gasteiger partial charge in [0, 0.05) is 31.6 Å². The number of nitrogens with zero attached hydrogens (tertiary/aromatic N) is 4. The number of aromatic nitrogens is 2. The molecule has 0 radical (unpaired) electrons. The molecule has 0 aliphatic carbocycles. The highest BCUT2D eigenvalue weighted by Crippen LogP contribution is 2.29. The fourth-order valence-electron chi connectivity index (χ4n) is 4.56. The Morgan fingerprint density at radius 1 is 1.09 bits per heavy atom. The highest BCUT2D eigenvalue weighted by Gasteiger charge is 2.31. The summed E-state index contributed by atoms with van der Waals surface area (Å²) in [4.78, 5) is 2.63. The maximum Gasteiger partial charge on any atom is 0.243 e. The van der Waals surface area contributed by atoms with E-state index in [2.05, 4.69) is 11.8 Å². The van der Waals surface area contributed by atoms with Crippen LogP contribution in [-0.4, -0.2) is 47.0 Å². The molecule has 2 heterocycles. The number of fused-ring (bicyclic) bond motifs is 1. The molecule has 8 heteroatoms. The number of hydrogen-bond donors (Lipinski definition) is 0. The van der Waals surface area contributed by atoms with E-state index in [-0.39, 0.29) is 23.2 Å². The molecule has 1 aromatic heterocycles. The lowest BCUT2D eigenvalue weighted by atomic mass is 10.0. The first-order valence-corrected chi connectivity index (χ1v) is 13.4. The van der Waals surface area contributed by atoms with Gasteiger partial charge in [0.1, 0.15) is 11.5 Å². The number of sulfonamides is 1. The summed E-state index contributed by atoms with van der Waals surface area (Å²) in [5, 5.41) is 4.82. The molecule has 0 bridgehead atoms. The molecule has 2 aromatic carbocycles. The van der Waals surface area contributed by atoms with Gasteiger partial charge in [0.25, 0.3) is 0 Å². The van der Waals surface area contributed by atoms with E-state index in [1.165, 1.54) is 10.4 Å². The number of rotatable bonds is 9. The van der Waals surface area contributed by atoms with Gasteiger partial charge in [-0.3, -0.25) is 4.90 Å². The largest absolute Gasteiger partial charge is 0.299 e. The normalized spacial score (nSPS) is 14.6. The molecule has 0 fully saturated rings. The van der Waals surface area contributed by atoms with Crippen LogP contribution in [0.1, 0.15) is 44.1 Å². The monoisotopic (exact) mass is 484 g/mol. The lowest BCUT2D eigenvalue weighted by molar-refractivity contribution is 0.251. The van der Waals surface area contributed by atoms with E-state index < -0.39 is 10.0 Å². The minimum Gasteiger partial charge on any atom is -0.299 e. The molecule has 0 saturated heterocycles. The highest BCUT2D eigenvalue weighted by molar-refractivity contribution is 7.89. The molecule has 6 nitrogen and oxygen atoms in total. The van der Waals surface area contributed by atoms with Crippen LogP contribution < -0.4 is 0 Å². The lowest BCUT2D eigenvalue weighted by Crippen LogP contribution is -2.35. The van der Waals surface area contributed by atoms with Crippen LogP contribution in [0.2, 0.25) is 0 Å². The van der Waals surface area contributed by atoms with Crippen molar-refractivity contribution >= 4 is 10.0 Å². The van der Waals surface area contributed by atoms with Crippen molar-refractivity contribution in [2.45, 2.75) is 51.6 Å². The maximum atomic E-state index is 14.7. The zero-order valence-corrected chi connectivity index (χ0v) is 20.9. The van der Waals surface area contributed by atoms with Crippen molar-refractivity contribution < 1.29 is 12.8 Å². The Labute approximate surface area is 202 Å². The summed E-state index contributed by atoms with van der Waals surface area (Å²) in [7, 11) is -3.71. The predicted molar refractivity (Wildman–Crippen MR) is 132 cm³/mol. The number of para-hydroxylation sites is 1. The molecule has 0 N–H and O–H groups in total. The van der Waals surface area contributed by atoms with Crippen LogP contribution in [-0.2, 0) is 29.5 Å². The third-order valence-corrected chi connectivity index (χ3v) is 7.94. The SMILES string of the molecule is CCCN1CCc2c(c(CN(CC(C)C)S(=O)(=O)c3ccccc3)nn2-c2ccccc2F)C1. The van der Waals surface area contributed by atoms with E-state index in [0.717, 1.165) is 37.2 Å². The topological polar surface area (TPSA) is 58.4 Å². The van der Waals surface area contributed by atoms with E-state index in [0.29, 0.717) is 24.5 Å². The predicted octanol–water partition coefficient (Wildman–Crippen LogP) is 4.63. The standard InChI is InChI=1S/C26H33FN4O2S/c1-4-15-29-16-14-25-22(18-29)24(28-31(25)26-13-9-8-12-23(26)27)19-30(17-20(2)3)34(32,33)21-10-6-5-7-11-21/h5-13,20H,4,14-19H2,1-3H3. The minimum atomic E-state index is -3.71. The van der Waals surface area contributed by atoms with E-state index in [1.807, 2.05) is 13.8 Å². The van der Waals surface area contributed by atoms with Crippen molar-refractivity contribution in [2.75, 3.05) is 19.6 Å². The molecule has 1 aliphatic rings. The van der Waals surface area contributed by atoms with Crippen molar-refractivity contribution in [3.05, 3.63) is 77.4 Å². The first-order valence-electron chi connectivity index (χ1n) is 11.9. The van der Waals surface area contributed by atoms with Crippen molar-refractivity contribution in [1.29, 1.82) is 0 Å². The van der Waals surface area contributed by atoms with Crippen molar-refractivity contribution in [3.63, 3.8) is 0 Å². The maximum absolute atomic E-state index is 14.7. The average Bonchev–Trinajstić information content (AvgIpc) is 3.17. The fraction of sp³-hybridized carbons (Fsp3) is 0.423. The molecular formula is C26H33FN4O2S. The third kappa shape index (κ3) is 5.09. The molecule has 34 heavy (non-hydrogen) atoms. The molecule has 1 aliphatic heterocycles. The molecule has 4 rings (SSSR count). The van der Waals surface area contributed by atoms with Crippen molar-refractivity contribution in [1.82, 2.24) is 19.0 Å². The van der Waals surface area contributed by atoms with Gasteiger partial charge >= 0.3 is 0 Å². The van der Waals surface area contributed by atoms with Crippen LogP contribution in [0.4, 0.5) is 4.39 Å². The number of halogens is 1. The summed E-state index contributed by atoms with van der Waals surface area (Å²) in [6.45, 7) is 9.20. The lowest BCUT2D eigenvalue weighted by Gasteiger charge is -2.28. The minimum absolute atomic E-state index is 0.138. The van der Waals surface area contributed by atoms with E-state index >= 15 is 0 Å². The molecule has 0 atom stereocenters. The Hall–Kier alpha value is -2.55. The summed E-state index contributed by atoms with van der Waals surface area (Å²) in [6.07, 6.45) is 1.78. The van der Waals surface area contributed by atoms with Gasteiger partial charge in [-0.25, -0.2) is 17.5 Å². The quantitative estimate of drug-likeness (QED) is 0.445. The zero-order chi connectivity index (χ0) is 24.3. The third-order valence-electron chi connectivity index (χ3n) is 6.12. The molecule has 0 saturated carbocycles. The Kier molecular flexibility index (Phi) is 7.50. The first-order chi connectivity index (χ1) is 16.3. The van der Waals surface area contributed by atoms with Crippen LogP contribution >= 0.6 is 0 Å². The second-order valence-electron chi connectivity index (χ2n) is 9.27. The Morgan fingerprint density at radius 3 is 2.47 bits per heavy atom. The Morgan fingerprint density at radius 2 is 1.79 bits per heavy atom. The van der Waals surface area contributed by atoms with Crippen molar-refractivity contribution in [3.8, 4) is 5.69 Å². The molecule has 0 unspecified atom stereocenters. The van der Waals surface area contributed by atoms with Crippen LogP contribution in [0.15, 0.2) is 59.5 Å². The summed E-state index contributed by atoms with van der Waals surface area (Å²) < 4.78 is 45.0. The fourth-order valence-corrected chi connectivity index (χ4v) is 6.15. The second kappa shape index (κ2) is 10.4. The summed E-state index contributed by atoms with van der Waals surface area (Å²) in [6, 6.07) is 15.1. The van der Waals surface area contributed by atoms with Gasteiger partial charge in [-0.15, -0.1) is 0 Å². The van der Waals surface area contributed by atoms with Gasteiger partial charge in [0.2, 0.25) is 10.0 Å². The van der Waals surface area contributed by atoms with Crippen LogP contribution in [0.5, 0.6) is 0 Å². The summed E-state index contributed by atoms with van der Waals surface area (Å²) >= 11 is 0. The zero-order valence-electron chi connectivity index (χ0n) is 20.1. The molecular weight excluding hydrogens is 451 g/mol. The van der Waals surface area contributed by atoms with Gasteiger partial charge < -0.3 is 0 Å². The second-order valence-corrected chi connectivity index (χ2v) is 11.2. The number of hydrogen-bond acceptors (Lipinski definition) is 4. The van der Waals surface area contributed by atoms with Crippen molar-refractivity contribution in [2.24, 2.45) is 5.92 Å². The smallest absolute Gasteiger partial charge is 0.243 e. The van der Waals surface area contributed by atoms with E-state index in [9.17, 15) is 12.8 Å². The van der Waals surface area contributed by atoms with Gasteiger partial charge in [0.15, 0.2) is 0 Å². The summed E-state index contributed by atoms with van der Waals surface area (Å²) in [5.74, 6) is -0.203. The molecule has 182 valence electrons. The Bertz CT molecular complexity index is 1220. The van der Waals surface area contributed by atoms with Crippen LogP contribution in [0, 0.1) is 11.7 Å². The Balaban J connectivity index is 1.78. The highest BCUT2D eigenvalue weighted by atomic mass is 32.2. The van der Waals surface area contributed by atoms with Gasteiger partial charge in [-0.05, 0) is 43.1 Å². The summed E-state index contributed by atoms with van der Waals surface area (Å²) in [5.41, 5.74) is 3.07. The van der Waals surface area contributed by atoms with E-state index in [1.54, 1.807) is 53.2 Å². The average molecular weight is 485 g/mol. The van der Waals surface area contributed by atoms with Gasteiger partial charge in [0.05, 0.1) is 22.8 Å². The van der Waals surface area contributed by atoms with Gasteiger partial charge in [-0.1, -0.05) is 51.1 Å². The van der Waals surface area contributed by atoms with Crippen LogP contribution in [0.3, 0.4) is 0 Å².